The third kappa shape index (κ3) is 1.96. The molecule has 2 nitrogen and oxygen atoms in total. The van der Waals surface area contributed by atoms with Gasteiger partial charge in [-0.3, -0.25) is 5.84 Å². The Bertz CT molecular complexity index is 204. The number of hydrazine groups is 1. The number of nitrogens with zero attached hydrogens (tertiary/aromatic N) is 1. The van der Waals surface area contributed by atoms with Gasteiger partial charge < -0.3 is 0 Å². The topological polar surface area (TPSA) is 29.3 Å². The van der Waals surface area contributed by atoms with Crippen LogP contribution >= 0.6 is 0 Å². The molecule has 0 radical (unpaired) electrons. The molecule has 0 aromatic heterocycles. The highest BCUT2D eigenvalue weighted by Crippen LogP contribution is 2.29. The minimum Gasteiger partial charge on any atom is -0.268 e. The van der Waals surface area contributed by atoms with E-state index < -0.39 is 0 Å². The average molecular weight is 164 g/mol. The molecule has 12 heavy (non-hydrogen) atoms. The standard InChI is InChI=1S/C10H16N2/c11-12(8-9-6-7-9)10-4-2-1-3-5-10/h1-4,9-10H,5-8,11H2. The van der Waals surface area contributed by atoms with E-state index in [4.69, 9.17) is 5.84 Å². The third-order valence-corrected chi connectivity index (χ3v) is 2.55. The molecule has 0 bridgehead atoms. The largest absolute Gasteiger partial charge is 0.268 e. The van der Waals surface area contributed by atoms with Gasteiger partial charge in [-0.15, -0.1) is 0 Å². The molecule has 1 saturated carbocycles. The van der Waals surface area contributed by atoms with Gasteiger partial charge in [0, 0.05) is 12.6 Å². The van der Waals surface area contributed by atoms with Crippen molar-refractivity contribution in [2.24, 2.45) is 11.8 Å². The van der Waals surface area contributed by atoms with Gasteiger partial charge in [-0.2, -0.15) is 0 Å². The van der Waals surface area contributed by atoms with Crippen LogP contribution < -0.4 is 5.84 Å². The van der Waals surface area contributed by atoms with Gasteiger partial charge in [0.1, 0.15) is 0 Å². The number of allylic oxidation sites excluding steroid dienone is 2. The summed E-state index contributed by atoms with van der Waals surface area (Å²) in [6.45, 7) is 1.07. The van der Waals surface area contributed by atoms with E-state index in [1.165, 1.54) is 12.8 Å². The first-order valence-electron chi connectivity index (χ1n) is 4.71. The summed E-state index contributed by atoms with van der Waals surface area (Å²) in [5.74, 6) is 6.82. The summed E-state index contributed by atoms with van der Waals surface area (Å²) >= 11 is 0. The van der Waals surface area contributed by atoms with Gasteiger partial charge in [-0.05, 0) is 25.2 Å². The second-order valence-corrected chi connectivity index (χ2v) is 3.76. The van der Waals surface area contributed by atoms with Crippen molar-refractivity contribution in [2.75, 3.05) is 6.54 Å². The minimum atomic E-state index is 0.440. The lowest BCUT2D eigenvalue weighted by Gasteiger charge is -2.24. The Kier molecular flexibility index (Phi) is 2.28. The lowest BCUT2D eigenvalue weighted by atomic mass is 10.1. The zero-order valence-corrected chi connectivity index (χ0v) is 7.32. The molecule has 1 unspecified atom stereocenters. The van der Waals surface area contributed by atoms with Crippen LogP contribution in [0.1, 0.15) is 19.3 Å². The van der Waals surface area contributed by atoms with Crippen molar-refractivity contribution in [2.45, 2.75) is 25.3 Å². The zero-order valence-electron chi connectivity index (χ0n) is 7.32. The van der Waals surface area contributed by atoms with Gasteiger partial charge in [-0.25, -0.2) is 5.01 Å². The first kappa shape index (κ1) is 8.02. The van der Waals surface area contributed by atoms with Crippen LogP contribution in [-0.4, -0.2) is 17.6 Å². The van der Waals surface area contributed by atoms with Crippen LogP contribution in [-0.2, 0) is 0 Å². The van der Waals surface area contributed by atoms with E-state index in [1.807, 2.05) is 5.01 Å². The molecule has 0 spiro atoms. The molecule has 0 heterocycles. The van der Waals surface area contributed by atoms with Gasteiger partial charge in [0.2, 0.25) is 0 Å². The molecule has 2 N–H and O–H groups in total. The Morgan fingerprint density at radius 1 is 1.33 bits per heavy atom. The second kappa shape index (κ2) is 3.42. The van der Waals surface area contributed by atoms with Crippen molar-refractivity contribution in [3.63, 3.8) is 0 Å². The van der Waals surface area contributed by atoms with Crippen LogP contribution in [0, 0.1) is 5.92 Å². The predicted octanol–water partition coefficient (Wildman–Crippen LogP) is 1.46. The Morgan fingerprint density at radius 2 is 2.17 bits per heavy atom. The van der Waals surface area contributed by atoms with Gasteiger partial charge in [0.05, 0.1) is 0 Å². The van der Waals surface area contributed by atoms with Crippen LogP contribution in [0.4, 0.5) is 0 Å². The molecule has 0 saturated heterocycles. The summed E-state index contributed by atoms with van der Waals surface area (Å²) in [5, 5.41) is 1.98. The molecular weight excluding hydrogens is 148 g/mol. The highest BCUT2D eigenvalue weighted by molar-refractivity contribution is 5.13. The molecule has 2 aliphatic rings. The van der Waals surface area contributed by atoms with Crippen LogP contribution in [0.25, 0.3) is 0 Å². The maximum absolute atomic E-state index is 5.94. The van der Waals surface area contributed by atoms with E-state index in [9.17, 15) is 0 Å². The average Bonchev–Trinajstić information content (AvgIpc) is 2.90. The van der Waals surface area contributed by atoms with E-state index in [-0.39, 0.29) is 0 Å². The highest BCUT2D eigenvalue weighted by Gasteiger charge is 2.25. The minimum absolute atomic E-state index is 0.440. The molecule has 0 amide bonds. The molecule has 66 valence electrons. The lowest BCUT2D eigenvalue weighted by molar-refractivity contribution is 0.225. The first-order chi connectivity index (χ1) is 5.86. The normalized spacial score (nSPS) is 28.3. The summed E-state index contributed by atoms with van der Waals surface area (Å²) in [5.41, 5.74) is 0. The van der Waals surface area contributed by atoms with E-state index in [1.54, 1.807) is 0 Å². The van der Waals surface area contributed by atoms with Gasteiger partial charge >= 0.3 is 0 Å². The molecule has 2 heteroatoms. The Labute approximate surface area is 73.7 Å². The van der Waals surface area contributed by atoms with Crippen LogP contribution in [0.15, 0.2) is 24.3 Å². The fourth-order valence-electron chi connectivity index (χ4n) is 1.55. The predicted molar refractivity (Wildman–Crippen MR) is 50.3 cm³/mol. The fourth-order valence-corrected chi connectivity index (χ4v) is 1.55. The maximum atomic E-state index is 5.94. The molecule has 0 aromatic rings. The molecule has 2 rings (SSSR count). The number of hydrogen-bond donors (Lipinski definition) is 1. The van der Waals surface area contributed by atoms with Crippen molar-refractivity contribution in [1.29, 1.82) is 0 Å². The Morgan fingerprint density at radius 3 is 2.75 bits per heavy atom. The third-order valence-electron chi connectivity index (χ3n) is 2.55. The monoisotopic (exact) mass is 164 g/mol. The molecule has 2 aliphatic carbocycles. The number of nitrogens with two attached hydrogens (primary N) is 1. The van der Waals surface area contributed by atoms with Gasteiger partial charge in [0.15, 0.2) is 0 Å². The molecule has 1 atom stereocenters. The summed E-state index contributed by atoms with van der Waals surface area (Å²) < 4.78 is 0. The van der Waals surface area contributed by atoms with E-state index in [2.05, 4.69) is 24.3 Å². The van der Waals surface area contributed by atoms with Crippen molar-refractivity contribution < 1.29 is 0 Å². The van der Waals surface area contributed by atoms with E-state index in [0.717, 1.165) is 18.9 Å². The summed E-state index contributed by atoms with van der Waals surface area (Å²) in [6, 6.07) is 0.440. The lowest BCUT2D eigenvalue weighted by Crippen LogP contribution is -2.41. The van der Waals surface area contributed by atoms with Gasteiger partial charge in [-0.1, -0.05) is 24.3 Å². The van der Waals surface area contributed by atoms with E-state index in [0.29, 0.717) is 6.04 Å². The Hall–Kier alpha value is -0.600. The van der Waals surface area contributed by atoms with Crippen LogP contribution in [0.5, 0.6) is 0 Å². The summed E-state index contributed by atoms with van der Waals surface area (Å²) in [4.78, 5) is 0. The highest BCUT2D eigenvalue weighted by atomic mass is 15.4. The smallest absolute Gasteiger partial charge is 0.0458 e. The van der Waals surface area contributed by atoms with Crippen molar-refractivity contribution in [3.8, 4) is 0 Å². The fraction of sp³-hybridized carbons (Fsp3) is 0.600. The number of rotatable bonds is 3. The molecular formula is C10H16N2. The molecule has 1 fully saturated rings. The maximum Gasteiger partial charge on any atom is 0.0458 e. The zero-order chi connectivity index (χ0) is 8.39. The summed E-state index contributed by atoms with van der Waals surface area (Å²) in [7, 11) is 0. The molecule has 0 aromatic carbocycles. The quantitative estimate of drug-likeness (QED) is 0.505. The van der Waals surface area contributed by atoms with Crippen molar-refractivity contribution in [1.82, 2.24) is 5.01 Å². The SMILES string of the molecule is NN(CC1CC1)C1C=CC=CC1. The van der Waals surface area contributed by atoms with Crippen molar-refractivity contribution in [3.05, 3.63) is 24.3 Å². The van der Waals surface area contributed by atoms with Crippen LogP contribution in [0.2, 0.25) is 0 Å². The second-order valence-electron chi connectivity index (χ2n) is 3.76. The van der Waals surface area contributed by atoms with Crippen LogP contribution in [0.3, 0.4) is 0 Å². The van der Waals surface area contributed by atoms with Gasteiger partial charge in [0.25, 0.3) is 0 Å². The van der Waals surface area contributed by atoms with Crippen molar-refractivity contribution >= 4 is 0 Å². The summed E-state index contributed by atoms with van der Waals surface area (Å²) in [6.07, 6.45) is 12.3. The van der Waals surface area contributed by atoms with E-state index >= 15 is 0 Å². The first-order valence-corrected chi connectivity index (χ1v) is 4.71. The molecule has 0 aliphatic heterocycles. The number of hydrogen-bond acceptors (Lipinski definition) is 2. The Balaban J connectivity index is 1.81.